The largest absolute Gasteiger partial charge is 0.462 e. The number of hydrogen-bond acceptors (Lipinski definition) is 6. The molecule has 6 heteroatoms. The highest BCUT2D eigenvalue weighted by atomic mass is 16.6. The van der Waals surface area contributed by atoms with Crippen molar-refractivity contribution in [3.8, 4) is 0 Å². The molecule has 0 N–H and O–H groups in total. The van der Waals surface area contributed by atoms with Crippen LogP contribution in [0.1, 0.15) is 245 Å². The average Bonchev–Trinajstić information content (AvgIpc) is 3.46. The first-order chi connectivity index (χ1) is 39.5. The molecule has 0 fully saturated rings. The third kappa shape index (κ3) is 63.3. The second-order valence-electron chi connectivity index (χ2n) is 20.2. The van der Waals surface area contributed by atoms with Crippen molar-refractivity contribution >= 4 is 17.9 Å². The summed E-state index contributed by atoms with van der Waals surface area (Å²) in [5.41, 5.74) is 0. The van der Waals surface area contributed by atoms with Crippen LogP contribution >= 0.6 is 0 Å². The molecule has 1 unspecified atom stereocenters. The Morgan fingerprint density at radius 3 is 0.812 bits per heavy atom. The highest BCUT2D eigenvalue weighted by molar-refractivity contribution is 5.71. The van der Waals surface area contributed by atoms with E-state index in [9.17, 15) is 14.4 Å². The highest BCUT2D eigenvalue weighted by Gasteiger charge is 2.19. The molecule has 0 aromatic heterocycles. The summed E-state index contributed by atoms with van der Waals surface area (Å²) in [4.78, 5) is 38.3. The fraction of sp³-hybridized carbons (Fsp3) is 0.554. The summed E-state index contributed by atoms with van der Waals surface area (Å²) in [6.45, 7) is 6.27. The summed E-state index contributed by atoms with van der Waals surface area (Å²) in [6, 6.07) is 0. The van der Waals surface area contributed by atoms with Gasteiger partial charge in [0.1, 0.15) is 13.2 Å². The number of allylic oxidation sites excluding steroid dienone is 30. The van der Waals surface area contributed by atoms with Gasteiger partial charge in [0.2, 0.25) is 0 Å². The van der Waals surface area contributed by atoms with Crippen LogP contribution in [0.4, 0.5) is 0 Å². The van der Waals surface area contributed by atoms with Gasteiger partial charge in [0.25, 0.3) is 0 Å². The van der Waals surface area contributed by atoms with E-state index in [-0.39, 0.29) is 31.6 Å². The van der Waals surface area contributed by atoms with E-state index < -0.39 is 12.1 Å². The average molecular weight is 1100 g/mol. The van der Waals surface area contributed by atoms with E-state index in [2.05, 4.69) is 191 Å². The third-order valence-electron chi connectivity index (χ3n) is 12.6. The van der Waals surface area contributed by atoms with Crippen molar-refractivity contribution < 1.29 is 28.6 Å². The van der Waals surface area contributed by atoms with Crippen molar-refractivity contribution in [1.29, 1.82) is 0 Å². The smallest absolute Gasteiger partial charge is 0.306 e. The molecule has 0 saturated heterocycles. The minimum absolute atomic E-state index is 0.128. The third-order valence-corrected chi connectivity index (χ3v) is 12.6. The van der Waals surface area contributed by atoms with E-state index in [0.29, 0.717) is 19.3 Å². The molecule has 0 heterocycles. The minimum atomic E-state index is -0.841. The molecule has 80 heavy (non-hydrogen) atoms. The molecule has 0 radical (unpaired) electrons. The van der Waals surface area contributed by atoms with Crippen molar-refractivity contribution in [3.63, 3.8) is 0 Å². The van der Waals surface area contributed by atoms with Crippen LogP contribution in [0.3, 0.4) is 0 Å². The summed E-state index contributed by atoms with van der Waals surface area (Å²) in [7, 11) is 0. The Morgan fingerprint density at radius 2 is 0.512 bits per heavy atom. The van der Waals surface area contributed by atoms with E-state index in [1.54, 1.807) is 0 Å². The second kappa shape index (κ2) is 66.0. The van der Waals surface area contributed by atoms with Gasteiger partial charge in [-0.2, -0.15) is 0 Å². The van der Waals surface area contributed by atoms with E-state index in [1.165, 1.54) is 38.5 Å². The first-order valence-corrected chi connectivity index (χ1v) is 31.8. The van der Waals surface area contributed by atoms with E-state index >= 15 is 0 Å². The maximum Gasteiger partial charge on any atom is 0.306 e. The normalized spacial score (nSPS) is 13.4. The summed E-state index contributed by atoms with van der Waals surface area (Å²) in [5, 5.41) is 0. The Labute approximate surface area is 491 Å². The van der Waals surface area contributed by atoms with E-state index in [4.69, 9.17) is 14.2 Å². The molecule has 0 saturated carbocycles. The monoisotopic (exact) mass is 1100 g/mol. The lowest BCUT2D eigenvalue weighted by Gasteiger charge is -2.18. The predicted octanol–water partition coefficient (Wildman–Crippen LogP) is 22.0. The fourth-order valence-corrected chi connectivity index (χ4v) is 7.93. The van der Waals surface area contributed by atoms with Crippen LogP contribution in [0.2, 0.25) is 0 Å². The Balaban J connectivity index is 4.49. The number of carbonyl (C=O) groups is 3. The maximum absolute atomic E-state index is 12.9. The minimum Gasteiger partial charge on any atom is -0.462 e. The fourth-order valence-electron chi connectivity index (χ4n) is 7.93. The molecule has 0 rings (SSSR count). The van der Waals surface area contributed by atoms with E-state index in [0.717, 1.165) is 161 Å². The highest BCUT2D eigenvalue weighted by Crippen LogP contribution is 2.13. The molecule has 0 aliphatic heterocycles. The van der Waals surface area contributed by atoms with Crippen LogP contribution in [-0.2, 0) is 28.6 Å². The molecule has 1 atom stereocenters. The lowest BCUT2D eigenvalue weighted by atomic mass is 10.1. The number of hydrogen-bond donors (Lipinski definition) is 0. The zero-order valence-electron chi connectivity index (χ0n) is 51.0. The molecule has 6 nitrogen and oxygen atoms in total. The maximum atomic E-state index is 12.9. The molecule has 0 aromatic rings. The Morgan fingerprint density at radius 1 is 0.263 bits per heavy atom. The molecule has 0 aliphatic rings. The van der Waals surface area contributed by atoms with Gasteiger partial charge in [0.15, 0.2) is 6.10 Å². The van der Waals surface area contributed by atoms with Gasteiger partial charge in [-0.1, -0.05) is 267 Å². The van der Waals surface area contributed by atoms with Crippen molar-refractivity contribution in [2.24, 2.45) is 0 Å². The Kier molecular flexibility index (Phi) is 61.5. The van der Waals surface area contributed by atoms with Gasteiger partial charge >= 0.3 is 17.9 Å². The summed E-state index contributed by atoms with van der Waals surface area (Å²) in [6.07, 6.45) is 99.0. The number of rotatable bonds is 55. The molecular weight excluding hydrogens is 985 g/mol. The number of unbranched alkanes of at least 4 members (excludes halogenated alkanes) is 14. The lowest BCUT2D eigenvalue weighted by Crippen LogP contribution is -2.30. The Bertz CT molecular complexity index is 1890. The van der Waals surface area contributed by atoms with Crippen LogP contribution in [0.15, 0.2) is 182 Å². The van der Waals surface area contributed by atoms with Crippen molar-refractivity contribution in [2.45, 2.75) is 252 Å². The van der Waals surface area contributed by atoms with Gasteiger partial charge in [-0.05, 0) is 141 Å². The standard InChI is InChI=1S/C74H114O6/c1-4-7-10-13-16-19-22-25-28-30-32-33-34-35-36-37-38-39-40-41-43-44-46-49-52-55-58-61-64-67-73(76)79-70-71(69-78-72(75)66-63-60-57-54-51-48-27-24-21-18-15-12-9-6-3)80-74(77)68-65-62-59-56-53-50-47-45-42-31-29-26-23-20-17-14-11-8-5-2/h7-8,10-11,15-20,24-29,32-33,35-36,38-39,41-43,45,50,53,59,62,71H,4-6,9,12-14,21-23,30-31,34,37,40,44,46-49,51-52,54-58,60-61,63-70H2,1-3H3/b10-7-,11-8-,18-15-,19-16-,20-17-,27-24-,28-25-,29-26-,33-32-,36-35-,39-38-,43-41-,45-42-,53-50-,62-59-. The number of esters is 3. The van der Waals surface area contributed by atoms with Crippen LogP contribution in [0.5, 0.6) is 0 Å². The number of carbonyl (C=O) groups excluding carboxylic acids is 3. The molecule has 0 spiro atoms. The van der Waals surface area contributed by atoms with Crippen LogP contribution in [0, 0.1) is 0 Å². The van der Waals surface area contributed by atoms with Crippen LogP contribution in [0.25, 0.3) is 0 Å². The molecule has 0 aromatic carbocycles. The van der Waals surface area contributed by atoms with Gasteiger partial charge in [0, 0.05) is 19.3 Å². The van der Waals surface area contributed by atoms with Crippen LogP contribution < -0.4 is 0 Å². The zero-order valence-corrected chi connectivity index (χ0v) is 51.0. The quantitative estimate of drug-likeness (QED) is 0.0261. The molecule has 0 aliphatic carbocycles. The second-order valence-corrected chi connectivity index (χ2v) is 20.2. The van der Waals surface area contributed by atoms with Crippen molar-refractivity contribution in [1.82, 2.24) is 0 Å². The summed E-state index contributed by atoms with van der Waals surface area (Å²) in [5.74, 6) is -1.05. The van der Waals surface area contributed by atoms with Gasteiger partial charge in [0.05, 0.1) is 0 Å². The number of ether oxygens (including phenoxy) is 3. The van der Waals surface area contributed by atoms with Gasteiger partial charge in [-0.15, -0.1) is 0 Å². The van der Waals surface area contributed by atoms with Gasteiger partial charge < -0.3 is 14.2 Å². The van der Waals surface area contributed by atoms with Gasteiger partial charge in [-0.25, -0.2) is 0 Å². The first kappa shape index (κ1) is 74.5. The van der Waals surface area contributed by atoms with Crippen LogP contribution in [-0.4, -0.2) is 37.2 Å². The predicted molar refractivity (Wildman–Crippen MR) is 348 cm³/mol. The molecule has 446 valence electrons. The summed E-state index contributed by atoms with van der Waals surface area (Å²) >= 11 is 0. The Hall–Kier alpha value is -5.49. The SMILES string of the molecule is CC/C=C\C/C=C\C/C=C\C/C=C\C/C=C\C/C=C\C/C=C\CCCCCCCCCC(=O)OCC(COC(=O)CCCCCCC/C=C\C/C=C\CCCC)OC(=O)CC/C=C\C/C=C\C/C=C\C/C=C\C/C=C\C/C=C\CC. The lowest BCUT2D eigenvalue weighted by molar-refractivity contribution is -0.166. The van der Waals surface area contributed by atoms with Crippen molar-refractivity contribution in [3.05, 3.63) is 182 Å². The topological polar surface area (TPSA) is 78.9 Å². The zero-order chi connectivity index (χ0) is 57.8. The first-order valence-electron chi connectivity index (χ1n) is 31.8. The molecular formula is C74H114O6. The van der Waals surface area contributed by atoms with Gasteiger partial charge in [-0.3, -0.25) is 14.4 Å². The molecule has 0 bridgehead atoms. The summed E-state index contributed by atoms with van der Waals surface area (Å²) < 4.78 is 16.8. The van der Waals surface area contributed by atoms with Crippen molar-refractivity contribution in [2.75, 3.05) is 13.2 Å². The molecule has 0 amide bonds. The van der Waals surface area contributed by atoms with E-state index in [1.807, 2.05) is 12.2 Å².